The maximum Gasteiger partial charge on any atom is 0.238 e. The molecular weight excluding hydrogens is 452 g/mol. The molecule has 0 radical (unpaired) electrons. The fraction of sp³-hybridized carbons (Fsp3) is 0.933. The first kappa shape index (κ1) is 29.4. The van der Waals surface area contributed by atoms with E-state index < -0.39 is 45.4 Å². The SMILES string of the molecule is CC(C)(C)[C@@H](N(C(=O)C1(C(N)=O)CCCCC1)[C@H](C(C)(C)C)C1(O)CCCCC1)C1(O)CCCCC1. The Bertz CT molecular complexity index is 734. The van der Waals surface area contributed by atoms with Gasteiger partial charge in [-0.25, -0.2) is 0 Å². The third-order valence-electron chi connectivity index (χ3n) is 9.48. The molecule has 0 aromatic heterocycles. The molecule has 0 saturated heterocycles. The van der Waals surface area contributed by atoms with Crippen molar-refractivity contribution in [1.29, 1.82) is 0 Å². The molecule has 0 heterocycles. The zero-order valence-electron chi connectivity index (χ0n) is 24.0. The second-order valence-corrected chi connectivity index (χ2v) is 14.6. The lowest BCUT2D eigenvalue weighted by Gasteiger charge is -2.60. The molecule has 3 saturated carbocycles. The average Bonchev–Trinajstić information content (AvgIpc) is 2.77. The summed E-state index contributed by atoms with van der Waals surface area (Å²) in [5.74, 6) is -0.809. The van der Waals surface area contributed by atoms with Crippen molar-refractivity contribution in [3.8, 4) is 0 Å². The van der Waals surface area contributed by atoms with Gasteiger partial charge < -0.3 is 20.8 Å². The first-order valence-corrected chi connectivity index (χ1v) is 14.7. The summed E-state index contributed by atoms with van der Waals surface area (Å²) >= 11 is 0. The van der Waals surface area contributed by atoms with Gasteiger partial charge in [-0.15, -0.1) is 0 Å². The molecule has 0 bridgehead atoms. The van der Waals surface area contributed by atoms with Crippen LogP contribution >= 0.6 is 0 Å². The highest BCUT2D eigenvalue weighted by Gasteiger charge is 2.60. The molecule has 6 nitrogen and oxygen atoms in total. The summed E-state index contributed by atoms with van der Waals surface area (Å²) in [6.45, 7) is 12.5. The number of amides is 2. The van der Waals surface area contributed by atoms with E-state index in [0.29, 0.717) is 38.5 Å². The van der Waals surface area contributed by atoms with E-state index in [9.17, 15) is 15.0 Å². The van der Waals surface area contributed by atoms with E-state index in [4.69, 9.17) is 5.73 Å². The fourth-order valence-electron chi connectivity index (χ4n) is 8.19. The predicted octanol–water partition coefficient (Wildman–Crippen LogP) is 5.47. The Morgan fingerprint density at radius 3 is 1.22 bits per heavy atom. The highest BCUT2D eigenvalue weighted by Crippen LogP contribution is 2.51. The lowest BCUT2D eigenvalue weighted by atomic mass is 9.62. The van der Waals surface area contributed by atoms with E-state index in [1.54, 1.807) is 0 Å². The van der Waals surface area contributed by atoms with Crippen LogP contribution in [-0.4, -0.2) is 50.2 Å². The second-order valence-electron chi connectivity index (χ2n) is 14.6. The normalized spacial score (nSPS) is 26.0. The van der Waals surface area contributed by atoms with Gasteiger partial charge >= 0.3 is 0 Å². The van der Waals surface area contributed by atoms with Crippen molar-refractivity contribution < 1.29 is 19.8 Å². The molecule has 4 N–H and O–H groups in total. The molecule has 36 heavy (non-hydrogen) atoms. The first-order valence-electron chi connectivity index (χ1n) is 14.7. The Morgan fingerprint density at radius 1 is 0.639 bits per heavy atom. The van der Waals surface area contributed by atoms with Gasteiger partial charge in [-0.1, -0.05) is 99.3 Å². The quantitative estimate of drug-likeness (QED) is 0.416. The van der Waals surface area contributed by atoms with Gasteiger partial charge in [0.2, 0.25) is 11.8 Å². The van der Waals surface area contributed by atoms with Crippen LogP contribution in [-0.2, 0) is 9.59 Å². The zero-order chi connectivity index (χ0) is 27.0. The first-order chi connectivity index (χ1) is 16.6. The number of primary amides is 1. The summed E-state index contributed by atoms with van der Waals surface area (Å²) in [4.78, 5) is 30.0. The highest BCUT2D eigenvalue weighted by atomic mass is 16.3. The number of carbonyl (C=O) groups is 2. The van der Waals surface area contributed by atoms with Crippen LogP contribution in [0.5, 0.6) is 0 Å². The minimum Gasteiger partial charge on any atom is -0.388 e. The number of nitrogens with zero attached hydrogens (tertiary/aromatic N) is 1. The van der Waals surface area contributed by atoms with Gasteiger partial charge in [0.1, 0.15) is 5.41 Å². The molecule has 0 aromatic rings. The highest BCUT2D eigenvalue weighted by molar-refractivity contribution is 6.04. The molecule has 0 aliphatic heterocycles. The molecule has 3 fully saturated rings. The zero-order valence-corrected chi connectivity index (χ0v) is 24.0. The number of nitrogens with two attached hydrogens (primary N) is 1. The molecule has 208 valence electrons. The molecule has 3 aliphatic carbocycles. The van der Waals surface area contributed by atoms with Crippen LogP contribution in [0.3, 0.4) is 0 Å². The number of hydrogen-bond donors (Lipinski definition) is 3. The third kappa shape index (κ3) is 5.65. The minimum absolute atomic E-state index is 0.257. The summed E-state index contributed by atoms with van der Waals surface area (Å²) < 4.78 is 0. The van der Waals surface area contributed by atoms with Gasteiger partial charge in [-0.05, 0) is 49.4 Å². The van der Waals surface area contributed by atoms with Crippen LogP contribution in [0.1, 0.15) is 138 Å². The molecule has 0 spiro atoms. The molecule has 2 atom stereocenters. The Morgan fingerprint density at radius 2 is 0.944 bits per heavy atom. The van der Waals surface area contributed by atoms with Crippen LogP contribution in [0.2, 0.25) is 0 Å². The van der Waals surface area contributed by atoms with Crippen molar-refractivity contribution in [3.63, 3.8) is 0 Å². The standard InChI is InChI=1S/C30H54N2O4/c1-26(2,3)22(29(35)18-12-8-13-19-29)32(25(34)28(24(31)33)16-10-7-11-17-28)23(27(4,5)6)30(36)20-14-9-15-21-30/h22-23,35-36H,7-21H2,1-6H3,(H2,31,33)/t22-,23-/m1/s1. The van der Waals surface area contributed by atoms with Gasteiger partial charge in [0.15, 0.2) is 0 Å². The van der Waals surface area contributed by atoms with Gasteiger partial charge in [0.05, 0.1) is 23.3 Å². The van der Waals surface area contributed by atoms with Crippen molar-refractivity contribution in [2.75, 3.05) is 0 Å². The van der Waals surface area contributed by atoms with E-state index in [1.165, 1.54) is 0 Å². The van der Waals surface area contributed by atoms with Gasteiger partial charge in [0.25, 0.3) is 0 Å². The largest absolute Gasteiger partial charge is 0.388 e. The number of hydrogen-bond acceptors (Lipinski definition) is 4. The molecule has 3 rings (SSSR count). The van der Waals surface area contributed by atoms with Crippen molar-refractivity contribution in [3.05, 3.63) is 0 Å². The number of carbonyl (C=O) groups excluding carboxylic acids is 2. The summed E-state index contributed by atoms with van der Waals surface area (Å²) in [5.41, 5.74) is 1.71. The monoisotopic (exact) mass is 506 g/mol. The van der Waals surface area contributed by atoms with Crippen molar-refractivity contribution in [2.45, 2.75) is 161 Å². The lowest BCUT2D eigenvalue weighted by molar-refractivity contribution is -0.199. The van der Waals surface area contributed by atoms with Crippen LogP contribution < -0.4 is 5.73 Å². The summed E-state index contributed by atoms with van der Waals surface area (Å²) in [6, 6.07) is -1.07. The van der Waals surface area contributed by atoms with E-state index in [0.717, 1.165) is 57.8 Å². The second kappa shape index (κ2) is 10.6. The minimum atomic E-state index is -1.28. The third-order valence-corrected chi connectivity index (χ3v) is 9.48. The molecular formula is C30H54N2O4. The Kier molecular flexibility index (Phi) is 8.62. The van der Waals surface area contributed by atoms with Gasteiger partial charge in [0, 0.05) is 0 Å². The van der Waals surface area contributed by atoms with Crippen molar-refractivity contribution in [2.24, 2.45) is 22.0 Å². The molecule has 6 heteroatoms. The van der Waals surface area contributed by atoms with Crippen molar-refractivity contribution in [1.82, 2.24) is 4.90 Å². The van der Waals surface area contributed by atoms with Crippen LogP contribution in [0, 0.1) is 16.2 Å². The Labute approximate surface area is 219 Å². The van der Waals surface area contributed by atoms with Gasteiger partial charge in [-0.2, -0.15) is 0 Å². The molecule has 0 unspecified atom stereocenters. The summed E-state index contributed by atoms with van der Waals surface area (Å²) in [5, 5.41) is 24.6. The summed E-state index contributed by atoms with van der Waals surface area (Å²) in [7, 11) is 0. The number of aliphatic hydroxyl groups is 2. The van der Waals surface area contributed by atoms with Crippen molar-refractivity contribution >= 4 is 11.8 Å². The smallest absolute Gasteiger partial charge is 0.238 e. The number of rotatable bonds is 6. The lowest BCUT2D eigenvalue weighted by Crippen LogP contribution is -2.73. The topological polar surface area (TPSA) is 104 Å². The summed E-state index contributed by atoms with van der Waals surface area (Å²) in [6.07, 6.45) is 11.8. The Hall–Kier alpha value is -1.14. The van der Waals surface area contributed by atoms with E-state index in [1.807, 2.05) is 4.90 Å². The Balaban J connectivity index is 2.28. The van der Waals surface area contributed by atoms with Crippen LogP contribution in [0.4, 0.5) is 0 Å². The molecule has 0 aromatic carbocycles. The average molecular weight is 507 g/mol. The van der Waals surface area contributed by atoms with E-state index >= 15 is 4.79 Å². The van der Waals surface area contributed by atoms with Gasteiger partial charge in [-0.3, -0.25) is 9.59 Å². The fourth-order valence-corrected chi connectivity index (χ4v) is 8.19. The maximum atomic E-state index is 15.0. The van der Waals surface area contributed by atoms with Crippen LogP contribution in [0.25, 0.3) is 0 Å². The molecule has 3 aliphatic rings. The van der Waals surface area contributed by atoms with Crippen LogP contribution in [0.15, 0.2) is 0 Å². The maximum absolute atomic E-state index is 15.0. The van der Waals surface area contributed by atoms with E-state index in [-0.39, 0.29) is 5.91 Å². The van der Waals surface area contributed by atoms with E-state index in [2.05, 4.69) is 41.5 Å². The predicted molar refractivity (Wildman–Crippen MR) is 144 cm³/mol. The molecule has 2 amide bonds.